The van der Waals surface area contributed by atoms with E-state index in [2.05, 4.69) is 5.16 Å². The molecular weight excluding hydrogens is 185 g/mol. The van der Waals surface area contributed by atoms with Crippen molar-refractivity contribution in [2.45, 2.75) is 6.61 Å². The highest BCUT2D eigenvalue weighted by atomic mass is 19.1. The number of aliphatic hydroxyl groups is 1. The largest absolute Gasteiger partial charge is 0.391 e. The quantitative estimate of drug-likeness (QED) is 0.793. The van der Waals surface area contributed by atoms with Crippen molar-refractivity contribution in [2.75, 3.05) is 0 Å². The van der Waals surface area contributed by atoms with Crippen LogP contribution in [0.15, 0.2) is 35.0 Å². The number of hydrogen-bond donors (Lipinski definition) is 1. The second kappa shape index (κ2) is 3.59. The zero-order valence-electron chi connectivity index (χ0n) is 7.27. The van der Waals surface area contributed by atoms with Crippen LogP contribution in [0.1, 0.15) is 5.56 Å². The third-order valence-corrected chi connectivity index (χ3v) is 1.92. The summed E-state index contributed by atoms with van der Waals surface area (Å²) in [5.41, 5.74) is 1.30. The van der Waals surface area contributed by atoms with Gasteiger partial charge in [-0.1, -0.05) is 5.16 Å². The van der Waals surface area contributed by atoms with Crippen molar-refractivity contribution < 1.29 is 14.0 Å². The van der Waals surface area contributed by atoms with Crippen LogP contribution in [0, 0.1) is 5.82 Å². The molecule has 0 aliphatic carbocycles. The van der Waals surface area contributed by atoms with Crippen molar-refractivity contribution in [3.8, 4) is 11.3 Å². The molecule has 1 heterocycles. The predicted octanol–water partition coefficient (Wildman–Crippen LogP) is 1.97. The molecule has 0 amide bonds. The Bertz CT molecular complexity index is 422. The summed E-state index contributed by atoms with van der Waals surface area (Å²) in [6.07, 6.45) is 1.44. The summed E-state index contributed by atoms with van der Waals surface area (Å²) < 4.78 is 17.6. The van der Waals surface area contributed by atoms with Crippen molar-refractivity contribution in [1.82, 2.24) is 5.16 Å². The van der Waals surface area contributed by atoms with Gasteiger partial charge >= 0.3 is 0 Å². The van der Waals surface area contributed by atoms with Crippen molar-refractivity contribution in [2.24, 2.45) is 0 Å². The van der Waals surface area contributed by atoms with Crippen molar-refractivity contribution in [3.63, 3.8) is 0 Å². The van der Waals surface area contributed by atoms with Gasteiger partial charge in [0, 0.05) is 11.1 Å². The highest BCUT2D eigenvalue weighted by Crippen LogP contribution is 2.23. The molecule has 3 nitrogen and oxygen atoms in total. The predicted molar refractivity (Wildman–Crippen MR) is 47.8 cm³/mol. The smallest absolute Gasteiger partial charge is 0.172 e. The molecule has 1 aromatic heterocycles. The molecule has 14 heavy (non-hydrogen) atoms. The fourth-order valence-electron chi connectivity index (χ4n) is 1.21. The average molecular weight is 193 g/mol. The van der Waals surface area contributed by atoms with Crippen LogP contribution in [0.3, 0.4) is 0 Å². The van der Waals surface area contributed by atoms with E-state index in [1.165, 1.54) is 18.3 Å². The van der Waals surface area contributed by atoms with Crippen LogP contribution in [0.2, 0.25) is 0 Å². The molecule has 4 heteroatoms. The second-order valence-electron chi connectivity index (χ2n) is 2.85. The first kappa shape index (κ1) is 8.90. The Kier molecular flexibility index (Phi) is 2.28. The third-order valence-electron chi connectivity index (χ3n) is 1.92. The summed E-state index contributed by atoms with van der Waals surface area (Å²) in [5.74, 6) is 0.173. The number of benzene rings is 1. The molecule has 72 valence electrons. The van der Waals surface area contributed by atoms with Crippen LogP contribution in [-0.4, -0.2) is 10.3 Å². The fourth-order valence-corrected chi connectivity index (χ4v) is 1.21. The Morgan fingerprint density at radius 2 is 2.00 bits per heavy atom. The minimum Gasteiger partial charge on any atom is -0.391 e. The molecule has 1 N–H and O–H groups in total. The number of hydrogen-bond acceptors (Lipinski definition) is 3. The summed E-state index contributed by atoms with van der Waals surface area (Å²) in [4.78, 5) is 0. The lowest BCUT2D eigenvalue weighted by Crippen LogP contribution is -1.83. The minimum absolute atomic E-state index is 0.143. The number of aliphatic hydroxyl groups excluding tert-OH is 1. The Hall–Kier alpha value is -1.68. The van der Waals surface area contributed by atoms with Gasteiger partial charge in [-0.3, -0.25) is 0 Å². The molecule has 1 aromatic carbocycles. The summed E-state index contributed by atoms with van der Waals surface area (Å²) in [5, 5.41) is 12.5. The lowest BCUT2D eigenvalue weighted by Gasteiger charge is -1.97. The van der Waals surface area contributed by atoms with Crippen LogP contribution in [0.5, 0.6) is 0 Å². The van der Waals surface area contributed by atoms with Crippen LogP contribution < -0.4 is 0 Å². The van der Waals surface area contributed by atoms with Crippen LogP contribution in [0.25, 0.3) is 11.3 Å². The third kappa shape index (κ3) is 1.52. The molecule has 0 unspecified atom stereocenters. The van der Waals surface area contributed by atoms with Gasteiger partial charge in [-0.2, -0.15) is 0 Å². The van der Waals surface area contributed by atoms with E-state index < -0.39 is 0 Å². The maximum absolute atomic E-state index is 12.6. The summed E-state index contributed by atoms with van der Waals surface area (Å²) in [6, 6.07) is 5.82. The maximum Gasteiger partial charge on any atom is 0.172 e. The van der Waals surface area contributed by atoms with E-state index in [-0.39, 0.29) is 12.4 Å². The Labute approximate surface area is 79.8 Å². The molecule has 0 spiro atoms. The molecule has 0 bridgehead atoms. The van der Waals surface area contributed by atoms with E-state index in [0.717, 1.165) is 0 Å². The highest BCUT2D eigenvalue weighted by molar-refractivity contribution is 5.60. The van der Waals surface area contributed by atoms with E-state index in [1.54, 1.807) is 12.1 Å². The number of rotatable bonds is 2. The minimum atomic E-state index is -0.307. The van der Waals surface area contributed by atoms with Crippen LogP contribution >= 0.6 is 0 Å². The number of nitrogens with zero attached hydrogens (tertiary/aromatic N) is 1. The second-order valence-corrected chi connectivity index (χ2v) is 2.85. The number of halogens is 1. The van der Waals surface area contributed by atoms with Gasteiger partial charge in [0.1, 0.15) is 5.82 Å². The highest BCUT2D eigenvalue weighted by Gasteiger charge is 2.09. The zero-order chi connectivity index (χ0) is 9.97. The summed E-state index contributed by atoms with van der Waals surface area (Å²) in [7, 11) is 0. The molecule has 2 rings (SSSR count). The topological polar surface area (TPSA) is 46.3 Å². The van der Waals surface area contributed by atoms with E-state index in [0.29, 0.717) is 16.9 Å². The first-order chi connectivity index (χ1) is 6.81. The van der Waals surface area contributed by atoms with Gasteiger partial charge in [0.2, 0.25) is 0 Å². The van der Waals surface area contributed by atoms with E-state index in [4.69, 9.17) is 9.63 Å². The summed E-state index contributed by atoms with van der Waals surface area (Å²) in [6.45, 7) is -0.143. The first-order valence-electron chi connectivity index (χ1n) is 4.11. The lowest BCUT2D eigenvalue weighted by molar-refractivity contribution is 0.281. The molecular formula is C10H8FNO2. The van der Waals surface area contributed by atoms with Gasteiger partial charge in [-0.25, -0.2) is 4.39 Å². The van der Waals surface area contributed by atoms with E-state index >= 15 is 0 Å². The average Bonchev–Trinajstić information content (AvgIpc) is 2.67. The molecule has 0 fully saturated rings. The molecule has 0 saturated heterocycles. The van der Waals surface area contributed by atoms with Crippen molar-refractivity contribution in [3.05, 3.63) is 41.8 Å². The molecule has 0 radical (unpaired) electrons. The monoisotopic (exact) mass is 193 g/mol. The van der Waals surface area contributed by atoms with Gasteiger partial charge < -0.3 is 9.63 Å². The van der Waals surface area contributed by atoms with Gasteiger partial charge in [-0.15, -0.1) is 0 Å². The van der Waals surface area contributed by atoms with Gasteiger partial charge in [0.25, 0.3) is 0 Å². The van der Waals surface area contributed by atoms with Crippen molar-refractivity contribution in [1.29, 1.82) is 0 Å². The normalized spacial score (nSPS) is 10.4. The maximum atomic E-state index is 12.6. The first-order valence-corrected chi connectivity index (χ1v) is 4.11. The zero-order valence-corrected chi connectivity index (χ0v) is 7.27. The van der Waals surface area contributed by atoms with Gasteiger partial charge in [0.05, 0.1) is 12.8 Å². The standard InChI is InChI=1S/C10H8FNO2/c11-9-3-1-7(2-4-9)10-8(6-13)5-12-14-10/h1-5,13H,6H2. The lowest BCUT2D eigenvalue weighted by atomic mass is 10.1. The van der Waals surface area contributed by atoms with Gasteiger partial charge in [-0.05, 0) is 24.3 Å². The van der Waals surface area contributed by atoms with Crippen LogP contribution in [0.4, 0.5) is 4.39 Å². The molecule has 0 aliphatic rings. The molecule has 2 aromatic rings. The molecule has 0 saturated carbocycles. The van der Waals surface area contributed by atoms with Crippen molar-refractivity contribution >= 4 is 0 Å². The number of aromatic nitrogens is 1. The van der Waals surface area contributed by atoms with E-state index in [1.807, 2.05) is 0 Å². The molecule has 0 aliphatic heterocycles. The van der Waals surface area contributed by atoms with Crippen LogP contribution in [-0.2, 0) is 6.61 Å². The Morgan fingerprint density at radius 3 is 2.64 bits per heavy atom. The SMILES string of the molecule is OCc1cnoc1-c1ccc(F)cc1. The Morgan fingerprint density at radius 1 is 1.29 bits per heavy atom. The van der Waals surface area contributed by atoms with Gasteiger partial charge in [0.15, 0.2) is 5.76 Å². The summed E-state index contributed by atoms with van der Waals surface area (Å²) >= 11 is 0. The Balaban J connectivity index is 2.44. The fraction of sp³-hybridized carbons (Fsp3) is 0.100. The molecule has 0 atom stereocenters. The van der Waals surface area contributed by atoms with E-state index in [9.17, 15) is 4.39 Å².